The molecule has 202 valence electrons. The number of ether oxygens (including phenoxy) is 4. The molecule has 0 radical (unpaired) electrons. The van der Waals surface area contributed by atoms with Crippen LogP contribution in [-0.2, 0) is 19.9 Å². The number of hydrogen-bond donors (Lipinski definition) is 1. The third kappa shape index (κ3) is 9.01. The van der Waals surface area contributed by atoms with Crippen molar-refractivity contribution in [3.8, 4) is 11.5 Å². The Morgan fingerprint density at radius 2 is 1.05 bits per heavy atom. The number of methoxy groups -OCH3 is 2. The van der Waals surface area contributed by atoms with Crippen molar-refractivity contribution in [3.63, 3.8) is 0 Å². The Labute approximate surface area is 222 Å². The molecule has 6 nitrogen and oxygen atoms in total. The maximum absolute atomic E-state index is 9.50. The topological polar surface area (TPSA) is 74.2 Å². The van der Waals surface area contributed by atoms with Gasteiger partial charge in [-0.05, 0) is 54.8 Å². The lowest BCUT2D eigenvalue weighted by atomic mass is 9.80. The molecule has 0 unspecified atom stereocenters. The third-order valence-corrected chi connectivity index (χ3v) is 5.45. The van der Waals surface area contributed by atoms with Gasteiger partial charge < -0.3 is 28.8 Å². The first kappa shape index (κ1) is 31.8. The quantitative estimate of drug-likeness (QED) is 0.251. The predicted molar refractivity (Wildman–Crippen MR) is 148 cm³/mol. The zero-order valence-corrected chi connectivity index (χ0v) is 23.0. The van der Waals surface area contributed by atoms with Crippen molar-refractivity contribution in [1.82, 2.24) is 0 Å². The minimum absolute atomic E-state index is 0.0617. The van der Waals surface area contributed by atoms with Crippen LogP contribution in [0.3, 0.4) is 0 Å². The van der Waals surface area contributed by atoms with Gasteiger partial charge in [-0.1, -0.05) is 74.9 Å². The van der Waals surface area contributed by atoms with Crippen LogP contribution < -0.4 is 9.47 Å². The minimum atomic E-state index is -0.869. The molecule has 3 aromatic rings. The molecule has 0 amide bonds. The van der Waals surface area contributed by atoms with E-state index in [-0.39, 0.29) is 6.61 Å². The maximum atomic E-state index is 9.50. The van der Waals surface area contributed by atoms with Gasteiger partial charge >= 0.3 is 0 Å². The van der Waals surface area contributed by atoms with E-state index in [9.17, 15) is 5.11 Å². The van der Waals surface area contributed by atoms with E-state index >= 15 is 0 Å². The van der Waals surface area contributed by atoms with Gasteiger partial charge in [0.2, 0.25) is 0 Å². The van der Waals surface area contributed by atoms with Crippen molar-refractivity contribution in [2.45, 2.75) is 45.3 Å². The van der Waals surface area contributed by atoms with Crippen molar-refractivity contribution in [3.05, 3.63) is 95.6 Å². The van der Waals surface area contributed by atoms with E-state index in [0.717, 1.165) is 28.2 Å². The Kier molecular flexibility index (Phi) is 14.2. The molecule has 0 spiro atoms. The Morgan fingerprint density at radius 3 is 1.43 bits per heavy atom. The lowest BCUT2D eigenvalue weighted by Gasteiger charge is -2.36. The second kappa shape index (κ2) is 16.5. The van der Waals surface area contributed by atoms with Gasteiger partial charge in [-0.3, -0.25) is 0 Å². The Balaban J connectivity index is 0.00000127. The van der Waals surface area contributed by atoms with Crippen LogP contribution in [0, 0.1) is 0 Å². The summed E-state index contributed by atoms with van der Waals surface area (Å²) in [5, 5.41) is 9.50. The van der Waals surface area contributed by atoms with Gasteiger partial charge in [-0.25, -0.2) is 0 Å². The normalized spacial score (nSPS) is 10.9. The van der Waals surface area contributed by atoms with Crippen LogP contribution >= 0.6 is 0 Å². The maximum Gasteiger partial charge on any atom is 0.143 e. The molecule has 0 atom stereocenters. The van der Waals surface area contributed by atoms with Gasteiger partial charge in [0, 0.05) is 0 Å². The van der Waals surface area contributed by atoms with Gasteiger partial charge in [0.05, 0.1) is 39.6 Å². The monoisotopic (exact) mass is 510 g/mol. The number of aliphatic hydroxyl groups excluding tert-OH is 1. The van der Waals surface area contributed by atoms with Gasteiger partial charge in [-0.2, -0.15) is 0 Å². The molecule has 1 N–H and O–H groups in total. The molecule has 0 aliphatic rings. The van der Waals surface area contributed by atoms with Crippen molar-refractivity contribution in [2.24, 2.45) is 0 Å². The van der Waals surface area contributed by atoms with Crippen LogP contribution in [0.4, 0.5) is 0 Å². The number of hydrogen-bond acceptors (Lipinski definition) is 6. The highest BCUT2D eigenvalue weighted by molar-refractivity contribution is 5.49. The molecule has 0 aliphatic heterocycles. The molecule has 0 saturated heterocycles. The van der Waals surface area contributed by atoms with E-state index in [1.165, 1.54) is 6.42 Å². The fourth-order valence-electron chi connectivity index (χ4n) is 3.63. The molecule has 0 saturated carbocycles. The fourth-order valence-corrected chi connectivity index (χ4v) is 3.63. The van der Waals surface area contributed by atoms with E-state index in [2.05, 4.69) is 26.0 Å². The van der Waals surface area contributed by atoms with Crippen LogP contribution in [0.1, 0.15) is 50.8 Å². The molecule has 0 fully saturated rings. The van der Waals surface area contributed by atoms with E-state index in [4.69, 9.17) is 23.7 Å². The van der Waals surface area contributed by atoms with Crippen LogP contribution in [-0.4, -0.2) is 51.5 Å². The van der Waals surface area contributed by atoms with Gasteiger partial charge in [-0.15, -0.1) is 0 Å². The first-order valence-electron chi connectivity index (χ1n) is 12.4. The zero-order valence-electron chi connectivity index (χ0n) is 23.0. The van der Waals surface area contributed by atoms with E-state index < -0.39 is 11.2 Å². The zero-order chi connectivity index (χ0) is 27.7. The average molecular weight is 511 g/mol. The minimum Gasteiger partial charge on any atom is -0.497 e. The first-order valence-corrected chi connectivity index (χ1v) is 12.4. The largest absolute Gasteiger partial charge is 0.497 e. The number of rotatable bonds is 11. The molecule has 0 bridgehead atoms. The second-order valence-electron chi connectivity index (χ2n) is 8.83. The molecule has 0 aromatic heterocycles. The van der Waals surface area contributed by atoms with Crippen molar-refractivity contribution < 1.29 is 28.8 Å². The first-order chi connectivity index (χ1) is 17.9. The standard InChI is InChI=1S/C27H32O5.C3H8.CH2O/c1-26(2,20-28)31-18-19-32-27(21-8-6-5-7-9-21,22-10-14-24(29-3)15-11-22)23-12-16-25(30-4)17-13-23;1-3-2;1-2/h5-17,28H,18-20H2,1-4H3;3H2,1-2H3;1H2. The van der Waals surface area contributed by atoms with Crippen molar-refractivity contribution in [2.75, 3.05) is 34.0 Å². The lowest BCUT2D eigenvalue weighted by Crippen LogP contribution is -2.36. The predicted octanol–water partition coefficient (Wildman–Crippen LogP) is 6.03. The SMILES string of the molecule is C=O.CCC.COc1ccc(C(OCCOC(C)(C)CO)(c2ccccc2)c2ccc(OC)cc2)cc1. The summed E-state index contributed by atoms with van der Waals surface area (Å²) < 4.78 is 23.3. The van der Waals surface area contributed by atoms with E-state index in [1.54, 1.807) is 14.2 Å². The molecule has 0 heterocycles. The second-order valence-corrected chi connectivity index (χ2v) is 8.83. The summed E-state index contributed by atoms with van der Waals surface area (Å²) >= 11 is 0. The van der Waals surface area contributed by atoms with Crippen molar-refractivity contribution in [1.29, 1.82) is 0 Å². The van der Waals surface area contributed by atoms with Crippen LogP contribution in [0.25, 0.3) is 0 Å². The summed E-state index contributed by atoms with van der Waals surface area (Å²) in [7, 11) is 3.30. The van der Waals surface area contributed by atoms with E-state index in [0.29, 0.717) is 13.2 Å². The van der Waals surface area contributed by atoms with Gasteiger partial charge in [0.25, 0.3) is 0 Å². The summed E-state index contributed by atoms with van der Waals surface area (Å²) in [6.45, 7) is 10.6. The van der Waals surface area contributed by atoms with Crippen LogP contribution in [0.2, 0.25) is 0 Å². The van der Waals surface area contributed by atoms with E-state index in [1.807, 2.05) is 87.4 Å². The Hall–Kier alpha value is -3.19. The summed E-state index contributed by atoms with van der Waals surface area (Å²) in [5.74, 6) is 1.55. The van der Waals surface area contributed by atoms with Crippen LogP contribution in [0.15, 0.2) is 78.9 Å². The summed E-state index contributed by atoms with van der Waals surface area (Å²) in [4.78, 5) is 8.00. The average Bonchev–Trinajstić information content (AvgIpc) is 2.95. The number of carbonyl (C=O) groups is 1. The molecule has 0 aliphatic carbocycles. The summed E-state index contributed by atoms with van der Waals surface area (Å²) in [5.41, 5.74) is 1.44. The van der Waals surface area contributed by atoms with Gasteiger partial charge in [0.15, 0.2) is 0 Å². The molecule has 6 heteroatoms. The molecule has 3 rings (SSSR count). The highest BCUT2D eigenvalue weighted by atomic mass is 16.6. The molecular formula is C31H42O6. The number of carbonyl (C=O) groups excluding carboxylic acids is 1. The smallest absolute Gasteiger partial charge is 0.143 e. The Bertz CT molecular complexity index is 937. The number of benzene rings is 3. The molecule has 3 aromatic carbocycles. The third-order valence-electron chi connectivity index (χ3n) is 5.45. The van der Waals surface area contributed by atoms with Crippen molar-refractivity contribution >= 4 is 6.79 Å². The molecule has 37 heavy (non-hydrogen) atoms. The Morgan fingerprint density at radius 1 is 0.676 bits per heavy atom. The lowest BCUT2D eigenvalue weighted by molar-refractivity contribution is -0.0980. The highest BCUT2D eigenvalue weighted by Gasteiger charge is 2.38. The number of aliphatic hydroxyl groups is 1. The van der Waals surface area contributed by atoms with Gasteiger partial charge in [0.1, 0.15) is 23.9 Å². The summed E-state index contributed by atoms with van der Waals surface area (Å²) in [6.07, 6.45) is 1.25. The highest BCUT2D eigenvalue weighted by Crippen LogP contribution is 2.41. The van der Waals surface area contributed by atoms with Crippen LogP contribution in [0.5, 0.6) is 11.5 Å². The summed E-state index contributed by atoms with van der Waals surface area (Å²) in [6, 6.07) is 26.0. The fraction of sp³-hybridized carbons (Fsp3) is 0.387. The molecular weight excluding hydrogens is 468 g/mol.